The number of nitrogens with zero attached hydrogens (tertiary/aromatic N) is 1. The second kappa shape index (κ2) is 5.93. The highest BCUT2D eigenvalue weighted by atomic mass is 19.2. The van der Waals surface area contributed by atoms with Crippen LogP contribution in [0.15, 0.2) is 28.8 Å². The lowest BCUT2D eigenvalue weighted by Crippen LogP contribution is -2.18. The Morgan fingerprint density at radius 1 is 1.26 bits per heavy atom. The Bertz CT molecular complexity index is 552. The predicted molar refractivity (Wildman–Crippen MR) is 68.4 cm³/mol. The summed E-state index contributed by atoms with van der Waals surface area (Å²) in [5.74, 6) is -0.267. The van der Waals surface area contributed by atoms with Crippen molar-refractivity contribution in [3.63, 3.8) is 0 Å². The minimum Gasteiger partial charge on any atom is -0.439 e. The normalized spacial score (nSPS) is 11.2. The Balaban J connectivity index is 2.05. The van der Waals surface area contributed by atoms with E-state index >= 15 is 0 Å². The maximum Gasteiger partial charge on any atom is 0.208 e. The first-order valence-corrected chi connectivity index (χ1v) is 6.17. The second-order valence-electron chi connectivity index (χ2n) is 4.77. The maximum absolute atomic E-state index is 13.1. The average Bonchev–Trinajstić information content (AvgIpc) is 2.81. The molecule has 0 aliphatic carbocycles. The van der Waals surface area contributed by atoms with Crippen molar-refractivity contribution < 1.29 is 13.2 Å². The molecule has 0 radical (unpaired) electrons. The minimum absolute atomic E-state index is 0.431. The summed E-state index contributed by atoms with van der Waals surface area (Å²) in [7, 11) is 0. The highest BCUT2D eigenvalue weighted by Gasteiger charge is 2.09. The summed E-state index contributed by atoms with van der Waals surface area (Å²) in [6, 6.07) is 3.63. The van der Waals surface area contributed by atoms with Gasteiger partial charge in [0.05, 0.1) is 12.7 Å². The third-order valence-corrected chi connectivity index (χ3v) is 2.59. The quantitative estimate of drug-likeness (QED) is 0.901. The van der Waals surface area contributed by atoms with Crippen molar-refractivity contribution in [2.45, 2.75) is 20.4 Å². The molecule has 1 aromatic carbocycles. The van der Waals surface area contributed by atoms with Crippen LogP contribution in [0.4, 0.5) is 8.78 Å². The number of halogens is 2. The van der Waals surface area contributed by atoms with E-state index in [9.17, 15) is 8.78 Å². The molecule has 0 atom stereocenters. The van der Waals surface area contributed by atoms with Crippen LogP contribution >= 0.6 is 0 Å². The van der Waals surface area contributed by atoms with Crippen LogP contribution in [0.5, 0.6) is 0 Å². The van der Waals surface area contributed by atoms with Gasteiger partial charge in [-0.05, 0) is 30.7 Å². The third kappa shape index (κ3) is 3.61. The van der Waals surface area contributed by atoms with Crippen molar-refractivity contribution in [1.29, 1.82) is 0 Å². The van der Waals surface area contributed by atoms with Gasteiger partial charge in [0, 0.05) is 5.56 Å². The molecule has 2 aromatic rings. The first-order valence-electron chi connectivity index (χ1n) is 6.17. The topological polar surface area (TPSA) is 38.1 Å². The van der Waals surface area contributed by atoms with E-state index in [4.69, 9.17) is 4.42 Å². The molecule has 0 saturated carbocycles. The summed E-state index contributed by atoms with van der Waals surface area (Å²) in [5.41, 5.74) is 0.474. The average molecular weight is 266 g/mol. The van der Waals surface area contributed by atoms with Gasteiger partial charge in [0.25, 0.3) is 0 Å². The molecule has 0 saturated heterocycles. The van der Waals surface area contributed by atoms with Crippen LogP contribution in [-0.4, -0.2) is 11.5 Å². The van der Waals surface area contributed by atoms with Crippen molar-refractivity contribution in [3.8, 4) is 11.3 Å². The molecule has 5 heteroatoms. The Labute approximate surface area is 110 Å². The minimum atomic E-state index is -0.895. The van der Waals surface area contributed by atoms with Gasteiger partial charge in [-0.25, -0.2) is 13.8 Å². The van der Waals surface area contributed by atoms with E-state index in [-0.39, 0.29) is 0 Å². The molecule has 102 valence electrons. The van der Waals surface area contributed by atoms with Crippen LogP contribution < -0.4 is 5.32 Å². The third-order valence-electron chi connectivity index (χ3n) is 2.59. The number of hydrogen-bond acceptors (Lipinski definition) is 3. The van der Waals surface area contributed by atoms with Crippen LogP contribution in [0.25, 0.3) is 11.3 Å². The van der Waals surface area contributed by atoms with Crippen LogP contribution in [-0.2, 0) is 6.54 Å². The molecule has 0 bridgehead atoms. The number of oxazole rings is 1. The number of aromatic nitrogens is 1. The zero-order valence-electron chi connectivity index (χ0n) is 10.9. The Morgan fingerprint density at radius 3 is 2.74 bits per heavy atom. The van der Waals surface area contributed by atoms with Crippen LogP contribution in [0, 0.1) is 17.6 Å². The summed E-state index contributed by atoms with van der Waals surface area (Å²) in [6.45, 7) is 5.59. The zero-order chi connectivity index (χ0) is 13.8. The van der Waals surface area contributed by atoms with Gasteiger partial charge in [0.2, 0.25) is 5.89 Å². The lowest BCUT2D eigenvalue weighted by Gasteiger charge is -2.04. The van der Waals surface area contributed by atoms with Gasteiger partial charge < -0.3 is 9.73 Å². The molecular formula is C14H16F2N2O. The van der Waals surface area contributed by atoms with E-state index in [2.05, 4.69) is 24.1 Å². The monoisotopic (exact) mass is 266 g/mol. The van der Waals surface area contributed by atoms with Gasteiger partial charge in [-0.15, -0.1) is 0 Å². The molecule has 1 N–H and O–H groups in total. The van der Waals surface area contributed by atoms with E-state index in [0.717, 1.165) is 18.7 Å². The van der Waals surface area contributed by atoms with Gasteiger partial charge in [-0.2, -0.15) is 0 Å². The highest BCUT2D eigenvalue weighted by molar-refractivity contribution is 5.56. The fraction of sp³-hybridized carbons (Fsp3) is 0.357. The zero-order valence-corrected chi connectivity index (χ0v) is 10.9. The standard InChI is InChI=1S/C14H16F2N2O/c1-9(2)6-17-8-14-18-7-13(19-14)10-3-4-11(15)12(16)5-10/h3-5,7,9,17H,6,8H2,1-2H3. The predicted octanol–water partition coefficient (Wildman–Crippen LogP) is 3.37. The van der Waals surface area contributed by atoms with Crippen molar-refractivity contribution in [3.05, 3.63) is 41.9 Å². The molecule has 0 aliphatic heterocycles. The molecule has 0 fully saturated rings. The number of hydrogen-bond donors (Lipinski definition) is 1. The first-order chi connectivity index (χ1) is 9.06. The Morgan fingerprint density at radius 2 is 2.05 bits per heavy atom. The van der Waals surface area contributed by atoms with Gasteiger partial charge in [-0.3, -0.25) is 0 Å². The van der Waals surface area contributed by atoms with E-state index < -0.39 is 11.6 Å². The molecule has 1 heterocycles. The first kappa shape index (κ1) is 13.7. The maximum atomic E-state index is 13.1. The molecule has 3 nitrogen and oxygen atoms in total. The van der Waals surface area contributed by atoms with E-state index in [1.807, 2.05) is 0 Å². The molecule has 0 unspecified atom stereocenters. The molecule has 0 aliphatic rings. The lowest BCUT2D eigenvalue weighted by atomic mass is 10.2. The van der Waals surface area contributed by atoms with Crippen LogP contribution in [0.2, 0.25) is 0 Å². The molecule has 19 heavy (non-hydrogen) atoms. The lowest BCUT2D eigenvalue weighted by molar-refractivity contribution is 0.458. The van der Waals surface area contributed by atoms with Gasteiger partial charge in [-0.1, -0.05) is 13.8 Å². The van der Waals surface area contributed by atoms with Crippen molar-refractivity contribution >= 4 is 0 Å². The molecule has 0 amide bonds. The van der Waals surface area contributed by atoms with Gasteiger partial charge >= 0.3 is 0 Å². The molecule has 1 aromatic heterocycles. The Kier molecular flexibility index (Phi) is 4.27. The van der Waals surface area contributed by atoms with E-state index in [1.54, 1.807) is 0 Å². The molecule has 0 spiro atoms. The fourth-order valence-corrected chi connectivity index (χ4v) is 1.64. The second-order valence-corrected chi connectivity index (χ2v) is 4.77. The fourth-order valence-electron chi connectivity index (χ4n) is 1.64. The van der Waals surface area contributed by atoms with Crippen molar-refractivity contribution in [2.24, 2.45) is 5.92 Å². The SMILES string of the molecule is CC(C)CNCc1ncc(-c2ccc(F)c(F)c2)o1. The Hall–Kier alpha value is -1.75. The highest BCUT2D eigenvalue weighted by Crippen LogP contribution is 2.22. The largest absolute Gasteiger partial charge is 0.439 e. The molecule has 2 rings (SSSR count). The van der Waals surface area contributed by atoms with Crippen LogP contribution in [0.3, 0.4) is 0 Å². The van der Waals surface area contributed by atoms with Crippen molar-refractivity contribution in [2.75, 3.05) is 6.54 Å². The van der Waals surface area contributed by atoms with Gasteiger partial charge in [0.1, 0.15) is 0 Å². The summed E-state index contributed by atoms with van der Waals surface area (Å²) < 4.78 is 31.4. The molecular weight excluding hydrogens is 250 g/mol. The van der Waals surface area contributed by atoms with Gasteiger partial charge in [0.15, 0.2) is 17.4 Å². The number of rotatable bonds is 5. The van der Waals surface area contributed by atoms with Crippen LogP contribution in [0.1, 0.15) is 19.7 Å². The van der Waals surface area contributed by atoms with Crippen molar-refractivity contribution in [1.82, 2.24) is 10.3 Å². The summed E-state index contributed by atoms with van der Waals surface area (Å²) >= 11 is 0. The smallest absolute Gasteiger partial charge is 0.208 e. The number of nitrogens with one attached hydrogen (secondary N) is 1. The summed E-state index contributed by atoms with van der Waals surface area (Å²) in [4.78, 5) is 4.10. The summed E-state index contributed by atoms with van der Waals surface area (Å²) in [6.07, 6.45) is 1.51. The summed E-state index contributed by atoms with van der Waals surface area (Å²) in [5, 5.41) is 3.20. The van der Waals surface area contributed by atoms with E-state index in [1.165, 1.54) is 12.3 Å². The van der Waals surface area contributed by atoms with E-state index in [0.29, 0.717) is 29.7 Å². The number of benzene rings is 1.